The first-order valence-corrected chi connectivity index (χ1v) is 6.97. The quantitative estimate of drug-likeness (QED) is 0.700. The zero-order valence-corrected chi connectivity index (χ0v) is 10.3. The van der Waals surface area contributed by atoms with Gasteiger partial charge in [-0.25, -0.2) is 4.72 Å². The molecule has 1 unspecified atom stereocenters. The maximum Gasteiger partial charge on any atom is 0.279 e. The predicted molar refractivity (Wildman–Crippen MR) is 60.9 cm³/mol. The van der Waals surface area contributed by atoms with E-state index in [-0.39, 0.29) is 6.04 Å². The first-order chi connectivity index (χ1) is 7.11. The van der Waals surface area contributed by atoms with Crippen LogP contribution in [-0.2, 0) is 10.2 Å². The first kappa shape index (κ1) is 12.9. The zero-order valence-electron chi connectivity index (χ0n) is 9.49. The third kappa shape index (κ3) is 3.41. The molecule has 0 bridgehead atoms. The van der Waals surface area contributed by atoms with Crippen molar-refractivity contribution in [1.82, 2.24) is 14.3 Å². The molecule has 5 nitrogen and oxygen atoms in total. The van der Waals surface area contributed by atoms with E-state index in [0.717, 1.165) is 32.4 Å². The van der Waals surface area contributed by atoms with E-state index in [9.17, 15) is 8.42 Å². The molecule has 0 amide bonds. The summed E-state index contributed by atoms with van der Waals surface area (Å²) in [6, 6.07) is 0.108. The van der Waals surface area contributed by atoms with Gasteiger partial charge in [0, 0.05) is 26.2 Å². The normalized spacial score (nSPS) is 23.3. The molecular weight excluding hydrogens is 214 g/mol. The Morgan fingerprint density at radius 1 is 1.53 bits per heavy atom. The zero-order chi connectivity index (χ0) is 11.3. The summed E-state index contributed by atoms with van der Waals surface area (Å²) in [5.41, 5.74) is 0. The monoisotopic (exact) mass is 235 g/mol. The highest BCUT2D eigenvalue weighted by Crippen LogP contribution is 2.13. The van der Waals surface area contributed by atoms with Crippen molar-refractivity contribution in [2.24, 2.45) is 0 Å². The highest BCUT2D eigenvalue weighted by Gasteiger charge is 2.28. The van der Waals surface area contributed by atoms with Gasteiger partial charge in [0.05, 0.1) is 0 Å². The Labute approximate surface area is 92.4 Å². The average molecular weight is 235 g/mol. The largest absolute Gasteiger partial charge is 0.315 e. The van der Waals surface area contributed by atoms with Gasteiger partial charge in [-0.15, -0.1) is 0 Å². The van der Waals surface area contributed by atoms with Gasteiger partial charge in [0.25, 0.3) is 10.2 Å². The summed E-state index contributed by atoms with van der Waals surface area (Å²) in [7, 11) is -1.81. The summed E-state index contributed by atoms with van der Waals surface area (Å²) in [4.78, 5) is 0. The second-order valence-electron chi connectivity index (χ2n) is 3.82. The van der Waals surface area contributed by atoms with Crippen LogP contribution in [0.15, 0.2) is 0 Å². The Balaban J connectivity index is 2.72. The van der Waals surface area contributed by atoms with E-state index in [1.807, 2.05) is 6.92 Å². The molecular formula is C9H21N3O2S. The average Bonchev–Trinajstić information content (AvgIpc) is 2.27. The van der Waals surface area contributed by atoms with Gasteiger partial charge >= 0.3 is 0 Å². The summed E-state index contributed by atoms with van der Waals surface area (Å²) >= 11 is 0. The topological polar surface area (TPSA) is 61.4 Å². The van der Waals surface area contributed by atoms with Crippen LogP contribution in [0.1, 0.15) is 26.2 Å². The maximum absolute atomic E-state index is 11.8. The molecule has 6 heteroatoms. The third-order valence-electron chi connectivity index (χ3n) is 2.69. The number of hydrogen-bond donors (Lipinski definition) is 2. The van der Waals surface area contributed by atoms with Crippen LogP contribution in [0.5, 0.6) is 0 Å². The molecule has 1 aliphatic heterocycles. The molecule has 1 atom stereocenters. The van der Waals surface area contributed by atoms with Crippen molar-refractivity contribution < 1.29 is 8.42 Å². The van der Waals surface area contributed by atoms with E-state index in [4.69, 9.17) is 0 Å². The molecule has 1 saturated heterocycles. The third-order valence-corrected chi connectivity index (χ3v) is 4.30. The Hall–Kier alpha value is -0.170. The molecule has 0 aliphatic carbocycles. The van der Waals surface area contributed by atoms with Crippen molar-refractivity contribution in [2.45, 2.75) is 32.2 Å². The van der Waals surface area contributed by atoms with Crippen molar-refractivity contribution in [3.63, 3.8) is 0 Å². The lowest BCUT2D eigenvalue weighted by Gasteiger charge is -2.33. The van der Waals surface area contributed by atoms with Gasteiger partial charge < -0.3 is 5.32 Å². The molecule has 0 radical (unpaired) electrons. The number of hydrogen-bond acceptors (Lipinski definition) is 3. The number of nitrogens with one attached hydrogen (secondary N) is 2. The molecule has 1 aliphatic rings. The summed E-state index contributed by atoms with van der Waals surface area (Å²) in [5.74, 6) is 0. The summed E-state index contributed by atoms with van der Waals surface area (Å²) in [5, 5.41) is 3.24. The fourth-order valence-electron chi connectivity index (χ4n) is 1.92. The lowest BCUT2D eigenvalue weighted by atomic mass is 10.1. The van der Waals surface area contributed by atoms with Crippen LogP contribution >= 0.6 is 0 Å². The fraction of sp³-hybridized carbons (Fsp3) is 1.00. The second kappa shape index (κ2) is 5.79. The SMILES string of the molecule is CCCN(C1CCCNC1)S(=O)(=O)NC. The Bertz CT molecular complexity index is 273. The van der Waals surface area contributed by atoms with Gasteiger partial charge in [0.1, 0.15) is 0 Å². The van der Waals surface area contributed by atoms with Crippen LogP contribution in [0.3, 0.4) is 0 Å². The number of piperidine rings is 1. The lowest BCUT2D eigenvalue weighted by Crippen LogP contribution is -2.51. The molecule has 1 rings (SSSR count). The van der Waals surface area contributed by atoms with E-state index in [1.54, 1.807) is 4.31 Å². The van der Waals surface area contributed by atoms with Crippen molar-refractivity contribution in [1.29, 1.82) is 0 Å². The molecule has 90 valence electrons. The van der Waals surface area contributed by atoms with E-state index in [2.05, 4.69) is 10.0 Å². The van der Waals surface area contributed by atoms with Crippen LogP contribution in [0.4, 0.5) is 0 Å². The van der Waals surface area contributed by atoms with Crippen LogP contribution in [0, 0.1) is 0 Å². The molecule has 15 heavy (non-hydrogen) atoms. The first-order valence-electron chi connectivity index (χ1n) is 5.53. The smallest absolute Gasteiger partial charge is 0.279 e. The molecule has 0 spiro atoms. The maximum atomic E-state index is 11.8. The van der Waals surface area contributed by atoms with E-state index < -0.39 is 10.2 Å². The van der Waals surface area contributed by atoms with Crippen LogP contribution in [-0.4, -0.2) is 45.4 Å². The number of nitrogens with zero attached hydrogens (tertiary/aromatic N) is 1. The summed E-state index contributed by atoms with van der Waals surface area (Å²) in [6.45, 7) is 4.35. The Kier molecular flexibility index (Phi) is 4.98. The fourth-order valence-corrected chi connectivity index (χ4v) is 3.15. The standard InChI is InChI=1S/C9H21N3O2S/c1-3-7-12(15(13,14)10-2)9-5-4-6-11-8-9/h9-11H,3-8H2,1-2H3. The lowest BCUT2D eigenvalue weighted by molar-refractivity contribution is 0.264. The molecule has 0 aromatic heterocycles. The van der Waals surface area contributed by atoms with E-state index >= 15 is 0 Å². The van der Waals surface area contributed by atoms with Crippen molar-refractivity contribution in [3.05, 3.63) is 0 Å². The van der Waals surface area contributed by atoms with Crippen LogP contribution in [0.2, 0.25) is 0 Å². The number of rotatable bonds is 5. The molecule has 1 heterocycles. The Morgan fingerprint density at radius 2 is 2.27 bits per heavy atom. The van der Waals surface area contributed by atoms with E-state index in [0.29, 0.717) is 6.54 Å². The summed E-state index contributed by atoms with van der Waals surface area (Å²) < 4.78 is 27.5. The van der Waals surface area contributed by atoms with Gasteiger partial charge in [-0.05, 0) is 25.8 Å². The Morgan fingerprint density at radius 3 is 2.73 bits per heavy atom. The molecule has 0 aromatic rings. The van der Waals surface area contributed by atoms with Gasteiger partial charge in [-0.2, -0.15) is 12.7 Å². The van der Waals surface area contributed by atoms with Gasteiger partial charge in [0.15, 0.2) is 0 Å². The van der Waals surface area contributed by atoms with Gasteiger partial charge in [-0.1, -0.05) is 6.92 Å². The molecule has 2 N–H and O–H groups in total. The molecule has 0 aromatic carbocycles. The highest BCUT2D eigenvalue weighted by molar-refractivity contribution is 7.87. The van der Waals surface area contributed by atoms with E-state index in [1.165, 1.54) is 7.05 Å². The van der Waals surface area contributed by atoms with Gasteiger partial charge in [-0.3, -0.25) is 0 Å². The van der Waals surface area contributed by atoms with Crippen LogP contribution in [0.25, 0.3) is 0 Å². The summed E-state index contributed by atoms with van der Waals surface area (Å²) in [6.07, 6.45) is 2.84. The highest BCUT2D eigenvalue weighted by atomic mass is 32.2. The second-order valence-corrected chi connectivity index (χ2v) is 5.65. The molecule has 0 saturated carbocycles. The minimum atomic E-state index is -3.28. The van der Waals surface area contributed by atoms with Crippen molar-refractivity contribution >= 4 is 10.2 Å². The molecule has 1 fully saturated rings. The van der Waals surface area contributed by atoms with Crippen molar-refractivity contribution in [2.75, 3.05) is 26.7 Å². The minimum Gasteiger partial charge on any atom is -0.315 e. The van der Waals surface area contributed by atoms with Crippen LogP contribution < -0.4 is 10.0 Å². The van der Waals surface area contributed by atoms with Crippen molar-refractivity contribution in [3.8, 4) is 0 Å². The predicted octanol–water partition coefficient (Wildman–Crippen LogP) is -0.0854. The minimum absolute atomic E-state index is 0.108. The van der Waals surface area contributed by atoms with Gasteiger partial charge in [0.2, 0.25) is 0 Å².